The van der Waals surface area contributed by atoms with Crippen molar-refractivity contribution in [1.82, 2.24) is 0 Å². The van der Waals surface area contributed by atoms with Crippen LogP contribution in [0.1, 0.15) is 16.7 Å². The van der Waals surface area contributed by atoms with E-state index in [4.69, 9.17) is 23.2 Å². The monoisotopic (exact) mass is 522 g/mol. The van der Waals surface area contributed by atoms with Gasteiger partial charge < -0.3 is 0 Å². The first-order chi connectivity index (χ1) is 15.5. The van der Waals surface area contributed by atoms with Crippen molar-refractivity contribution in [3.63, 3.8) is 0 Å². The van der Waals surface area contributed by atoms with Gasteiger partial charge in [-0.25, -0.2) is 0 Å². The number of hydrogen-bond donors (Lipinski definition) is 1. The molecule has 2 nitrogen and oxygen atoms in total. The van der Waals surface area contributed by atoms with E-state index in [9.17, 15) is 9.90 Å². The fourth-order valence-corrected chi connectivity index (χ4v) is 17.1. The molecule has 32 heavy (non-hydrogen) atoms. The summed E-state index contributed by atoms with van der Waals surface area (Å²) >= 11 is 9.28. The van der Waals surface area contributed by atoms with Gasteiger partial charge >= 0.3 is 202 Å². The second kappa shape index (κ2) is 9.95. The van der Waals surface area contributed by atoms with Crippen LogP contribution in [0.2, 0.25) is 10.0 Å². The molecule has 0 spiro atoms. The quantitative estimate of drug-likeness (QED) is 0.337. The van der Waals surface area contributed by atoms with Crippen LogP contribution in [0.15, 0.2) is 109 Å². The van der Waals surface area contributed by atoms with Crippen LogP contribution in [0.3, 0.4) is 0 Å². The van der Waals surface area contributed by atoms with Crippen LogP contribution in [0.4, 0.5) is 0 Å². The number of benzene rings is 4. The standard InChI is InChI=1S/C27H22Cl2GeO2/c28-20-16-17-24(25(29)18-20)26(19-27(31)32)30(21-10-4-1-5-11-21,22-12-6-2-7-13-22)23-14-8-3-9-15-23/h1-18,26H,19H2,(H,31,32). The fourth-order valence-electron chi connectivity index (χ4n) is 4.66. The third kappa shape index (κ3) is 4.36. The number of hydrogen-bond acceptors (Lipinski definition) is 1. The Labute approximate surface area is 200 Å². The Morgan fingerprint density at radius 2 is 1.16 bits per heavy atom. The predicted octanol–water partition coefficient (Wildman–Crippen LogP) is 5.26. The van der Waals surface area contributed by atoms with Gasteiger partial charge in [0.15, 0.2) is 0 Å². The maximum atomic E-state index is 12.3. The molecule has 4 aromatic rings. The molecule has 0 amide bonds. The van der Waals surface area contributed by atoms with Gasteiger partial charge in [-0.15, -0.1) is 0 Å². The molecule has 0 saturated heterocycles. The Morgan fingerprint density at radius 1 is 0.719 bits per heavy atom. The van der Waals surface area contributed by atoms with E-state index in [1.807, 2.05) is 60.7 Å². The molecule has 1 N–H and O–H groups in total. The topological polar surface area (TPSA) is 37.3 Å². The molecule has 0 aromatic heterocycles. The van der Waals surface area contributed by atoms with Gasteiger partial charge in [-0.05, 0) is 0 Å². The summed E-state index contributed by atoms with van der Waals surface area (Å²) in [5.74, 6) is -0.848. The summed E-state index contributed by atoms with van der Waals surface area (Å²) in [5.41, 5.74) is 0.829. The summed E-state index contributed by atoms with van der Waals surface area (Å²) in [6.07, 6.45) is -0.0277. The Hall–Kier alpha value is -2.53. The number of halogens is 2. The molecule has 0 aliphatic carbocycles. The second-order valence-corrected chi connectivity index (χ2v) is 17.1. The Morgan fingerprint density at radius 3 is 1.53 bits per heavy atom. The second-order valence-electron chi connectivity index (χ2n) is 7.72. The number of aliphatic carboxylic acids is 1. The molecule has 4 aromatic carbocycles. The van der Waals surface area contributed by atoms with Gasteiger partial charge in [0.1, 0.15) is 0 Å². The molecular formula is C27H22Cl2GeO2. The van der Waals surface area contributed by atoms with Crippen molar-refractivity contribution in [1.29, 1.82) is 0 Å². The third-order valence-corrected chi connectivity index (χ3v) is 17.6. The first-order valence-electron chi connectivity index (χ1n) is 10.4. The van der Waals surface area contributed by atoms with Crippen LogP contribution >= 0.6 is 23.2 Å². The van der Waals surface area contributed by atoms with E-state index < -0.39 is 19.2 Å². The average molecular weight is 522 g/mol. The first kappa shape index (κ1) is 22.7. The zero-order chi connectivity index (χ0) is 22.6. The van der Waals surface area contributed by atoms with Gasteiger partial charge in [0.05, 0.1) is 0 Å². The predicted molar refractivity (Wildman–Crippen MR) is 135 cm³/mol. The summed E-state index contributed by atoms with van der Waals surface area (Å²) in [7, 11) is 0. The summed E-state index contributed by atoms with van der Waals surface area (Å²) in [6.45, 7) is 0. The van der Waals surface area contributed by atoms with Crippen LogP contribution in [0, 0.1) is 0 Å². The Kier molecular flexibility index (Phi) is 7.05. The molecule has 4 rings (SSSR count). The molecule has 1 atom stereocenters. The van der Waals surface area contributed by atoms with Gasteiger partial charge in [0.25, 0.3) is 0 Å². The van der Waals surface area contributed by atoms with Gasteiger partial charge in [0, 0.05) is 0 Å². The van der Waals surface area contributed by atoms with Crippen molar-refractivity contribution in [3.05, 3.63) is 125 Å². The molecule has 0 bridgehead atoms. The van der Waals surface area contributed by atoms with Crippen molar-refractivity contribution in [2.45, 2.75) is 11.2 Å². The van der Waals surface area contributed by atoms with Crippen molar-refractivity contribution in [3.8, 4) is 0 Å². The van der Waals surface area contributed by atoms with Crippen molar-refractivity contribution in [2.24, 2.45) is 0 Å². The summed E-state index contributed by atoms with van der Waals surface area (Å²) in [5, 5.41) is 11.1. The molecule has 160 valence electrons. The molecule has 0 radical (unpaired) electrons. The van der Waals surface area contributed by atoms with E-state index in [1.54, 1.807) is 12.1 Å². The van der Waals surface area contributed by atoms with E-state index in [-0.39, 0.29) is 11.2 Å². The first-order valence-corrected chi connectivity index (χ1v) is 15.5. The number of carboxylic acids is 1. The number of carbonyl (C=O) groups is 1. The van der Waals surface area contributed by atoms with Gasteiger partial charge in [-0.2, -0.15) is 0 Å². The van der Waals surface area contributed by atoms with Crippen LogP contribution in [-0.4, -0.2) is 24.3 Å². The van der Waals surface area contributed by atoms with Crippen molar-refractivity contribution >= 4 is 55.6 Å². The molecule has 0 aliphatic rings. The SMILES string of the molecule is O=C(O)C[CH](c1ccc(Cl)cc1Cl)[Ge]([c]1ccccc1)([c]1ccccc1)[c]1ccccc1. The molecule has 5 heteroatoms. The zero-order valence-corrected chi connectivity index (χ0v) is 20.9. The fraction of sp³-hybridized carbons (Fsp3) is 0.0741. The normalized spacial score (nSPS) is 12.3. The minimum absolute atomic E-state index is 0.0277. The van der Waals surface area contributed by atoms with Gasteiger partial charge in [0.2, 0.25) is 0 Å². The minimum atomic E-state index is -3.66. The van der Waals surface area contributed by atoms with Crippen molar-refractivity contribution in [2.75, 3.05) is 0 Å². The molecule has 0 fully saturated rings. The van der Waals surface area contributed by atoms with Gasteiger partial charge in [-0.3, -0.25) is 0 Å². The summed E-state index contributed by atoms with van der Waals surface area (Å²) in [6, 6.07) is 36.4. The zero-order valence-electron chi connectivity index (χ0n) is 17.3. The maximum absolute atomic E-state index is 12.3. The number of carboxylic acid groups (broad SMARTS) is 1. The van der Waals surface area contributed by atoms with Gasteiger partial charge in [-0.1, -0.05) is 0 Å². The average Bonchev–Trinajstić information content (AvgIpc) is 2.81. The van der Waals surface area contributed by atoms with Crippen LogP contribution in [0.25, 0.3) is 0 Å². The Balaban J connectivity index is 2.14. The molecule has 0 heterocycles. The molecule has 0 aliphatic heterocycles. The van der Waals surface area contributed by atoms with Crippen LogP contribution in [0.5, 0.6) is 0 Å². The third-order valence-electron chi connectivity index (χ3n) is 5.93. The number of rotatable bonds is 7. The summed E-state index contributed by atoms with van der Waals surface area (Å²) < 4.78 is 3.25. The van der Waals surface area contributed by atoms with E-state index in [0.717, 1.165) is 5.56 Å². The van der Waals surface area contributed by atoms with E-state index in [1.165, 1.54) is 13.2 Å². The van der Waals surface area contributed by atoms with E-state index >= 15 is 0 Å². The van der Waals surface area contributed by atoms with E-state index in [0.29, 0.717) is 10.0 Å². The van der Waals surface area contributed by atoms with Crippen molar-refractivity contribution < 1.29 is 9.90 Å². The van der Waals surface area contributed by atoms with Crippen LogP contribution < -0.4 is 13.2 Å². The molecular weight excluding hydrogens is 500 g/mol. The van der Waals surface area contributed by atoms with E-state index in [2.05, 4.69) is 36.4 Å². The molecule has 1 unspecified atom stereocenters. The summed E-state index contributed by atoms with van der Waals surface area (Å²) in [4.78, 5) is 12.3. The van der Waals surface area contributed by atoms with Crippen LogP contribution in [-0.2, 0) is 4.79 Å². The molecule has 0 saturated carbocycles. The Bertz CT molecular complexity index is 1100.